The average molecular weight is 326 g/mol. The van der Waals surface area contributed by atoms with Crippen molar-refractivity contribution in [1.29, 1.82) is 0 Å². The van der Waals surface area contributed by atoms with Crippen LogP contribution >= 0.6 is 22.9 Å². The second kappa shape index (κ2) is 7.16. The summed E-state index contributed by atoms with van der Waals surface area (Å²) in [5.41, 5.74) is 0.983. The largest absolute Gasteiger partial charge is 0.503 e. The van der Waals surface area contributed by atoms with Crippen molar-refractivity contribution >= 4 is 22.9 Å². The first-order valence-electron chi connectivity index (χ1n) is 6.85. The molecule has 1 heterocycles. The van der Waals surface area contributed by atoms with Crippen molar-refractivity contribution < 1.29 is 9.84 Å². The number of hydrogen-bond acceptors (Lipinski definition) is 4. The van der Waals surface area contributed by atoms with Crippen molar-refractivity contribution in [1.82, 2.24) is 5.32 Å². The van der Waals surface area contributed by atoms with Gasteiger partial charge in [0.15, 0.2) is 11.5 Å². The molecule has 0 aliphatic heterocycles. The smallest absolute Gasteiger partial charge is 0.176 e. The topological polar surface area (TPSA) is 41.5 Å². The molecule has 21 heavy (non-hydrogen) atoms. The van der Waals surface area contributed by atoms with Gasteiger partial charge in [0.1, 0.15) is 0 Å². The van der Waals surface area contributed by atoms with Gasteiger partial charge in [-0.05, 0) is 35.1 Å². The molecule has 114 valence electrons. The quantitative estimate of drug-likeness (QED) is 0.815. The minimum Gasteiger partial charge on any atom is -0.503 e. The van der Waals surface area contributed by atoms with Crippen molar-refractivity contribution in [3.05, 3.63) is 45.1 Å². The molecule has 0 fully saturated rings. The summed E-state index contributed by atoms with van der Waals surface area (Å²) in [5.74, 6) is 0.872. The van der Waals surface area contributed by atoms with Gasteiger partial charge in [-0.3, -0.25) is 0 Å². The first kappa shape index (κ1) is 16.1. The third kappa shape index (κ3) is 3.90. The average Bonchev–Trinajstić information content (AvgIpc) is 2.96. The number of rotatable bonds is 6. The maximum absolute atomic E-state index is 9.76. The number of thiophene rings is 1. The Hall–Kier alpha value is -1.23. The van der Waals surface area contributed by atoms with E-state index in [0.717, 1.165) is 5.56 Å². The second-order valence-electron chi connectivity index (χ2n) is 5.25. The van der Waals surface area contributed by atoms with Crippen LogP contribution in [0.1, 0.15) is 30.3 Å². The Balaban J connectivity index is 2.13. The molecule has 0 spiro atoms. The molecular weight excluding hydrogens is 306 g/mol. The van der Waals surface area contributed by atoms with Crippen molar-refractivity contribution in [2.45, 2.75) is 26.4 Å². The van der Waals surface area contributed by atoms with E-state index in [9.17, 15) is 5.11 Å². The SMILES string of the molecule is COc1cc(CNC(c2cccs2)C(C)C)cc(Cl)c1O. The Bertz CT molecular complexity index is 584. The van der Waals surface area contributed by atoms with Gasteiger partial charge in [-0.25, -0.2) is 0 Å². The molecular formula is C16H20ClNO2S. The number of ether oxygens (including phenoxy) is 1. The summed E-state index contributed by atoms with van der Waals surface area (Å²) in [7, 11) is 1.52. The van der Waals surface area contributed by atoms with Crippen molar-refractivity contribution in [2.75, 3.05) is 7.11 Å². The Kier molecular flexibility index (Phi) is 5.51. The fourth-order valence-electron chi connectivity index (χ4n) is 2.25. The van der Waals surface area contributed by atoms with E-state index in [1.54, 1.807) is 23.5 Å². The molecule has 0 radical (unpaired) electrons. The molecule has 2 aromatic rings. The van der Waals surface area contributed by atoms with Gasteiger partial charge in [0.25, 0.3) is 0 Å². The normalized spacial score (nSPS) is 12.6. The number of benzene rings is 1. The number of hydrogen-bond donors (Lipinski definition) is 2. The highest BCUT2D eigenvalue weighted by Gasteiger charge is 2.17. The predicted octanol–water partition coefficient (Wildman–Crippen LogP) is 4.60. The molecule has 1 aromatic heterocycles. The Morgan fingerprint density at radius 3 is 2.71 bits per heavy atom. The molecule has 1 aromatic carbocycles. The standard InChI is InChI=1S/C16H20ClNO2S/c1-10(2)15(14-5-4-6-21-14)18-9-11-7-12(17)16(19)13(8-11)20-3/h4-8,10,15,18-19H,9H2,1-3H3. The summed E-state index contributed by atoms with van der Waals surface area (Å²) >= 11 is 7.77. The van der Waals surface area contributed by atoms with Gasteiger partial charge in [0.05, 0.1) is 12.1 Å². The van der Waals surface area contributed by atoms with Crippen LogP contribution in [0, 0.1) is 5.92 Å². The monoisotopic (exact) mass is 325 g/mol. The van der Waals surface area contributed by atoms with E-state index in [1.807, 2.05) is 0 Å². The molecule has 5 heteroatoms. The van der Waals surface area contributed by atoms with Crippen LogP contribution in [0.15, 0.2) is 29.6 Å². The van der Waals surface area contributed by atoms with E-state index in [4.69, 9.17) is 16.3 Å². The number of nitrogens with one attached hydrogen (secondary N) is 1. The lowest BCUT2D eigenvalue weighted by Gasteiger charge is -2.21. The number of methoxy groups -OCH3 is 1. The van der Waals surface area contributed by atoms with Crippen LogP contribution in [0.3, 0.4) is 0 Å². The summed E-state index contributed by atoms with van der Waals surface area (Å²) in [6.07, 6.45) is 0. The van der Waals surface area contributed by atoms with Crippen LogP contribution in [0.25, 0.3) is 0 Å². The summed E-state index contributed by atoms with van der Waals surface area (Å²) in [5, 5.41) is 15.7. The van der Waals surface area contributed by atoms with Crippen LogP contribution in [0.4, 0.5) is 0 Å². The summed E-state index contributed by atoms with van der Waals surface area (Å²) in [4.78, 5) is 1.32. The zero-order valence-electron chi connectivity index (χ0n) is 12.4. The van der Waals surface area contributed by atoms with E-state index in [-0.39, 0.29) is 5.75 Å². The summed E-state index contributed by atoms with van der Waals surface area (Å²) < 4.78 is 5.13. The van der Waals surface area contributed by atoms with E-state index >= 15 is 0 Å². The molecule has 0 bridgehead atoms. The molecule has 2 rings (SSSR count). The lowest BCUT2D eigenvalue weighted by Crippen LogP contribution is -2.24. The first-order chi connectivity index (χ1) is 10.0. The highest BCUT2D eigenvalue weighted by atomic mass is 35.5. The molecule has 0 aliphatic rings. The second-order valence-corrected chi connectivity index (χ2v) is 6.63. The number of aromatic hydroxyl groups is 1. The molecule has 3 nitrogen and oxygen atoms in total. The van der Waals surface area contributed by atoms with Crippen LogP contribution < -0.4 is 10.1 Å². The molecule has 1 atom stereocenters. The maximum atomic E-state index is 9.76. The summed E-state index contributed by atoms with van der Waals surface area (Å²) in [6, 6.07) is 8.08. The maximum Gasteiger partial charge on any atom is 0.176 e. The third-order valence-electron chi connectivity index (χ3n) is 3.35. The minimum absolute atomic E-state index is 0.0124. The highest BCUT2D eigenvalue weighted by Crippen LogP contribution is 2.35. The zero-order valence-corrected chi connectivity index (χ0v) is 14.0. The number of phenols is 1. The van der Waals surface area contributed by atoms with Gasteiger partial charge in [-0.1, -0.05) is 31.5 Å². The van der Waals surface area contributed by atoms with E-state index in [2.05, 4.69) is 36.7 Å². The molecule has 0 amide bonds. The van der Waals surface area contributed by atoms with Crippen molar-refractivity contribution in [3.8, 4) is 11.5 Å². The predicted molar refractivity (Wildman–Crippen MR) is 88.4 cm³/mol. The van der Waals surface area contributed by atoms with Crippen LogP contribution in [0.5, 0.6) is 11.5 Å². The van der Waals surface area contributed by atoms with Gasteiger partial charge in [-0.2, -0.15) is 0 Å². The Morgan fingerprint density at radius 1 is 1.38 bits per heavy atom. The molecule has 0 saturated heterocycles. The van der Waals surface area contributed by atoms with Gasteiger partial charge < -0.3 is 15.2 Å². The molecule has 0 aliphatic carbocycles. The fraction of sp³-hybridized carbons (Fsp3) is 0.375. The van der Waals surface area contributed by atoms with Crippen LogP contribution in [-0.2, 0) is 6.54 Å². The number of phenolic OH excluding ortho intramolecular Hbond substituents is 1. The third-order valence-corrected chi connectivity index (χ3v) is 4.59. The van der Waals surface area contributed by atoms with Crippen LogP contribution in [-0.4, -0.2) is 12.2 Å². The van der Waals surface area contributed by atoms with Crippen molar-refractivity contribution in [2.24, 2.45) is 5.92 Å². The molecule has 0 saturated carbocycles. The van der Waals surface area contributed by atoms with Gasteiger partial charge in [-0.15, -0.1) is 11.3 Å². The van der Waals surface area contributed by atoms with Crippen molar-refractivity contribution in [3.63, 3.8) is 0 Å². The lowest BCUT2D eigenvalue weighted by molar-refractivity contribution is 0.372. The minimum atomic E-state index is -0.0124. The summed E-state index contributed by atoms with van der Waals surface area (Å²) in [6.45, 7) is 5.06. The molecule has 2 N–H and O–H groups in total. The number of halogens is 1. The first-order valence-corrected chi connectivity index (χ1v) is 8.10. The van der Waals surface area contributed by atoms with Gasteiger partial charge >= 0.3 is 0 Å². The van der Waals surface area contributed by atoms with E-state index in [1.165, 1.54) is 12.0 Å². The lowest BCUT2D eigenvalue weighted by atomic mass is 10.0. The van der Waals surface area contributed by atoms with Crippen LogP contribution in [0.2, 0.25) is 5.02 Å². The fourth-order valence-corrected chi connectivity index (χ4v) is 3.45. The highest BCUT2D eigenvalue weighted by molar-refractivity contribution is 7.10. The van der Waals surface area contributed by atoms with E-state index < -0.39 is 0 Å². The van der Waals surface area contributed by atoms with Gasteiger partial charge in [0, 0.05) is 17.5 Å². The Labute approximate surface area is 134 Å². The Morgan fingerprint density at radius 2 is 2.14 bits per heavy atom. The van der Waals surface area contributed by atoms with E-state index in [0.29, 0.717) is 29.3 Å². The van der Waals surface area contributed by atoms with Gasteiger partial charge in [0.2, 0.25) is 0 Å². The zero-order chi connectivity index (χ0) is 15.4. The molecule has 1 unspecified atom stereocenters.